The summed E-state index contributed by atoms with van der Waals surface area (Å²) < 4.78 is 13.8. The van der Waals surface area contributed by atoms with Crippen LogP contribution in [0.4, 0.5) is 4.39 Å². The van der Waals surface area contributed by atoms with Crippen molar-refractivity contribution in [2.75, 3.05) is 6.54 Å². The summed E-state index contributed by atoms with van der Waals surface area (Å²) in [5.41, 5.74) is 0.833. The van der Waals surface area contributed by atoms with Crippen LogP contribution in [0.3, 0.4) is 0 Å². The molecule has 1 aromatic rings. The Morgan fingerprint density at radius 1 is 1.33 bits per heavy atom. The van der Waals surface area contributed by atoms with Crippen LogP contribution in [0.5, 0.6) is 0 Å². The second-order valence-corrected chi connectivity index (χ2v) is 6.33. The largest absolute Gasteiger partial charge is 0.314 e. The van der Waals surface area contributed by atoms with Crippen LogP contribution in [0.2, 0.25) is 5.02 Å². The van der Waals surface area contributed by atoms with Gasteiger partial charge in [-0.1, -0.05) is 45.4 Å². The molecule has 0 spiro atoms. The number of nitrogens with one attached hydrogen (secondary N) is 1. The maximum Gasteiger partial charge on any atom is 0.127 e. The summed E-state index contributed by atoms with van der Waals surface area (Å²) in [7, 11) is 0. The van der Waals surface area contributed by atoms with E-state index in [1.165, 1.54) is 6.07 Å². The first kappa shape index (κ1) is 15.5. The SMILES string of the molecule is CCNC(Cc1c(F)cccc1Cl)CC(C)(C)C. The molecule has 1 N–H and O–H groups in total. The zero-order chi connectivity index (χ0) is 13.8. The molecule has 0 amide bonds. The third kappa shape index (κ3) is 4.95. The highest BCUT2D eigenvalue weighted by atomic mass is 35.5. The van der Waals surface area contributed by atoms with E-state index in [-0.39, 0.29) is 17.3 Å². The zero-order valence-corrected chi connectivity index (χ0v) is 12.4. The van der Waals surface area contributed by atoms with Gasteiger partial charge in [-0.25, -0.2) is 4.39 Å². The molecule has 0 heterocycles. The van der Waals surface area contributed by atoms with Crippen molar-refractivity contribution in [3.63, 3.8) is 0 Å². The van der Waals surface area contributed by atoms with Gasteiger partial charge in [0, 0.05) is 16.6 Å². The average Bonchev–Trinajstić information content (AvgIpc) is 2.21. The molecule has 102 valence electrons. The van der Waals surface area contributed by atoms with Crippen molar-refractivity contribution in [1.82, 2.24) is 5.32 Å². The van der Waals surface area contributed by atoms with E-state index in [1.807, 2.05) is 0 Å². The first-order valence-electron chi connectivity index (χ1n) is 6.49. The lowest BCUT2D eigenvalue weighted by atomic mass is 9.85. The summed E-state index contributed by atoms with van der Waals surface area (Å²) in [5.74, 6) is -0.209. The minimum absolute atomic E-state index is 0.209. The second-order valence-electron chi connectivity index (χ2n) is 5.92. The number of hydrogen-bond donors (Lipinski definition) is 1. The van der Waals surface area contributed by atoms with Gasteiger partial charge >= 0.3 is 0 Å². The fraction of sp³-hybridized carbons (Fsp3) is 0.600. The van der Waals surface area contributed by atoms with Gasteiger partial charge in [0.15, 0.2) is 0 Å². The van der Waals surface area contributed by atoms with Gasteiger partial charge in [0.25, 0.3) is 0 Å². The Bertz CT molecular complexity index is 364. The first-order chi connectivity index (χ1) is 8.33. The molecule has 0 bridgehead atoms. The number of halogens is 2. The average molecular weight is 272 g/mol. The second kappa shape index (κ2) is 6.53. The maximum atomic E-state index is 13.8. The third-order valence-electron chi connectivity index (χ3n) is 2.86. The monoisotopic (exact) mass is 271 g/mol. The molecule has 1 aromatic carbocycles. The summed E-state index contributed by atoms with van der Waals surface area (Å²) in [4.78, 5) is 0. The summed E-state index contributed by atoms with van der Waals surface area (Å²) in [6.07, 6.45) is 1.63. The highest BCUT2D eigenvalue weighted by Crippen LogP contribution is 2.26. The molecule has 0 radical (unpaired) electrons. The lowest BCUT2D eigenvalue weighted by molar-refractivity contribution is 0.308. The summed E-state index contributed by atoms with van der Waals surface area (Å²) in [5, 5.41) is 3.94. The maximum absolute atomic E-state index is 13.8. The van der Waals surface area contributed by atoms with E-state index in [0.29, 0.717) is 17.0 Å². The van der Waals surface area contributed by atoms with Gasteiger partial charge in [-0.2, -0.15) is 0 Å². The molecular weight excluding hydrogens is 249 g/mol. The van der Waals surface area contributed by atoms with Gasteiger partial charge in [-0.3, -0.25) is 0 Å². The molecular formula is C15H23ClFN. The van der Waals surface area contributed by atoms with Crippen molar-refractivity contribution in [3.8, 4) is 0 Å². The lowest BCUT2D eigenvalue weighted by Crippen LogP contribution is -2.35. The van der Waals surface area contributed by atoms with Crippen molar-refractivity contribution in [3.05, 3.63) is 34.6 Å². The van der Waals surface area contributed by atoms with E-state index in [0.717, 1.165) is 13.0 Å². The molecule has 0 aliphatic rings. The van der Waals surface area contributed by atoms with Crippen molar-refractivity contribution in [2.45, 2.75) is 46.6 Å². The molecule has 0 saturated carbocycles. The molecule has 0 aromatic heterocycles. The molecule has 0 saturated heterocycles. The molecule has 1 atom stereocenters. The van der Waals surface area contributed by atoms with E-state index in [1.54, 1.807) is 12.1 Å². The first-order valence-corrected chi connectivity index (χ1v) is 6.87. The van der Waals surface area contributed by atoms with Crippen molar-refractivity contribution >= 4 is 11.6 Å². The lowest BCUT2D eigenvalue weighted by Gasteiger charge is -2.27. The quantitative estimate of drug-likeness (QED) is 0.835. The predicted octanol–water partition coefficient (Wildman–Crippen LogP) is 4.44. The fourth-order valence-corrected chi connectivity index (χ4v) is 2.46. The normalized spacial score (nSPS) is 13.7. The molecule has 3 heteroatoms. The summed E-state index contributed by atoms with van der Waals surface area (Å²) in [6, 6.07) is 5.12. The Labute approximate surface area is 115 Å². The summed E-state index contributed by atoms with van der Waals surface area (Å²) in [6.45, 7) is 9.53. The molecule has 0 fully saturated rings. The highest BCUT2D eigenvalue weighted by Gasteiger charge is 2.20. The smallest absolute Gasteiger partial charge is 0.127 e. The minimum atomic E-state index is -0.209. The molecule has 18 heavy (non-hydrogen) atoms. The van der Waals surface area contributed by atoms with Gasteiger partial charge in [-0.15, -0.1) is 0 Å². The van der Waals surface area contributed by atoms with Crippen molar-refractivity contribution in [1.29, 1.82) is 0 Å². The van der Waals surface area contributed by atoms with Crippen LogP contribution in [-0.4, -0.2) is 12.6 Å². The highest BCUT2D eigenvalue weighted by molar-refractivity contribution is 6.31. The molecule has 1 nitrogen and oxygen atoms in total. The Hall–Kier alpha value is -0.600. The third-order valence-corrected chi connectivity index (χ3v) is 3.22. The van der Waals surface area contributed by atoms with Crippen LogP contribution >= 0.6 is 11.6 Å². The summed E-state index contributed by atoms with van der Waals surface area (Å²) >= 11 is 6.08. The predicted molar refractivity (Wildman–Crippen MR) is 76.7 cm³/mol. The van der Waals surface area contributed by atoms with E-state index >= 15 is 0 Å². The van der Waals surface area contributed by atoms with Gasteiger partial charge in [-0.05, 0) is 36.9 Å². The van der Waals surface area contributed by atoms with Crippen LogP contribution in [-0.2, 0) is 6.42 Å². The van der Waals surface area contributed by atoms with Gasteiger partial charge < -0.3 is 5.32 Å². The van der Waals surface area contributed by atoms with Crippen LogP contribution < -0.4 is 5.32 Å². The molecule has 0 aliphatic carbocycles. The molecule has 1 unspecified atom stereocenters. The molecule has 1 rings (SSSR count). The van der Waals surface area contributed by atoms with Crippen LogP contribution in [0.15, 0.2) is 18.2 Å². The minimum Gasteiger partial charge on any atom is -0.314 e. The number of rotatable bonds is 5. The topological polar surface area (TPSA) is 12.0 Å². The van der Waals surface area contributed by atoms with E-state index in [4.69, 9.17) is 11.6 Å². The van der Waals surface area contributed by atoms with Crippen molar-refractivity contribution < 1.29 is 4.39 Å². The van der Waals surface area contributed by atoms with Crippen LogP contribution in [0, 0.1) is 11.2 Å². The number of likely N-dealkylation sites (N-methyl/N-ethyl adjacent to an activating group) is 1. The van der Waals surface area contributed by atoms with Gasteiger partial charge in [0.2, 0.25) is 0 Å². The Kier molecular flexibility index (Phi) is 5.61. The van der Waals surface area contributed by atoms with Crippen LogP contribution in [0.1, 0.15) is 39.7 Å². The van der Waals surface area contributed by atoms with Crippen LogP contribution in [0.25, 0.3) is 0 Å². The molecule has 0 aliphatic heterocycles. The van der Waals surface area contributed by atoms with E-state index in [2.05, 4.69) is 33.0 Å². The fourth-order valence-electron chi connectivity index (χ4n) is 2.22. The van der Waals surface area contributed by atoms with Crippen molar-refractivity contribution in [2.24, 2.45) is 5.41 Å². The van der Waals surface area contributed by atoms with E-state index in [9.17, 15) is 4.39 Å². The Morgan fingerprint density at radius 3 is 2.50 bits per heavy atom. The standard InChI is InChI=1S/C15H23ClFN/c1-5-18-11(10-15(2,3)4)9-12-13(16)7-6-8-14(12)17/h6-8,11,18H,5,9-10H2,1-4H3. The van der Waals surface area contributed by atoms with E-state index < -0.39 is 0 Å². The van der Waals surface area contributed by atoms with Gasteiger partial charge in [0.05, 0.1) is 0 Å². The Morgan fingerprint density at radius 2 is 2.00 bits per heavy atom. The number of benzene rings is 1. The zero-order valence-electron chi connectivity index (χ0n) is 11.7. The number of hydrogen-bond acceptors (Lipinski definition) is 1. The Balaban J connectivity index is 2.83. The van der Waals surface area contributed by atoms with Gasteiger partial charge in [0.1, 0.15) is 5.82 Å².